The highest BCUT2D eigenvalue weighted by molar-refractivity contribution is 5.90. The Bertz CT molecular complexity index is 1330. The van der Waals surface area contributed by atoms with E-state index >= 15 is 8.78 Å². The average molecular weight is 549 g/mol. The van der Waals surface area contributed by atoms with E-state index in [2.05, 4.69) is 10.3 Å². The van der Waals surface area contributed by atoms with Crippen LogP contribution in [-0.4, -0.2) is 65.2 Å². The fourth-order valence-corrected chi connectivity index (χ4v) is 5.20. The molecular formula is C27H34F2N4O6. The molecule has 1 saturated heterocycles. The first-order valence-corrected chi connectivity index (χ1v) is 12.7. The summed E-state index contributed by atoms with van der Waals surface area (Å²) in [5.74, 6) is -4.86. The van der Waals surface area contributed by atoms with E-state index in [1.54, 1.807) is 32.9 Å². The van der Waals surface area contributed by atoms with Crippen molar-refractivity contribution in [3.05, 3.63) is 29.5 Å². The molecule has 2 aliphatic rings. The van der Waals surface area contributed by atoms with Crippen LogP contribution in [0.25, 0.3) is 10.9 Å². The minimum Gasteiger partial charge on any atom is -0.497 e. The number of rotatable bonds is 5. The van der Waals surface area contributed by atoms with Crippen LogP contribution in [0.2, 0.25) is 0 Å². The zero-order valence-electron chi connectivity index (χ0n) is 22.9. The lowest BCUT2D eigenvalue weighted by molar-refractivity contribution is -0.137. The molecule has 4 rings (SSSR count). The second kappa shape index (κ2) is 9.80. The number of alkyl halides is 2. The number of fused-ring (bicyclic) bond motifs is 3. The summed E-state index contributed by atoms with van der Waals surface area (Å²) in [5, 5.41) is 2.54. The van der Waals surface area contributed by atoms with Crippen molar-refractivity contribution in [2.24, 2.45) is 5.73 Å². The Morgan fingerprint density at radius 2 is 1.97 bits per heavy atom. The molecule has 3 amide bonds. The normalized spacial score (nSPS) is 22.0. The maximum Gasteiger partial charge on any atom is 0.408 e. The van der Waals surface area contributed by atoms with Gasteiger partial charge >= 0.3 is 6.09 Å². The molecule has 1 aromatic heterocycles. The maximum atomic E-state index is 16.1. The fraction of sp³-hybridized carbons (Fsp3) is 0.556. The third-order valence-electron chi connectivity index (χ3n) is 6.78. The number of carbonyl (C=O) groups is 3. The van der Waals surface area contributed by atoms with Gasteiger partial charge in [0.25, 0.3) is 5.92 Å². The predicted octanol–water partition coefficient (Wildman–Crippen LogP) is 3.59. The minimum absolute atomic E-state index is 0.0635. The lowest BCUT2D eigenvalue weighted by Gasteiger charge is -2.41. The van der Waals surface area contributed by atoms with E-state index in [-0.39, 0.29) is 35.6 Å². The van der Waals surface area contributed by atoms with Gasteiger partial charge in [0.2, 0.25) is 11.8 Å². The summed E-state index contributed by atoms with van der Waals surface area (Å²) in [7, 11) is 1.44. The van der Waals surface area contributed by atoms with Gasteiger partial charge in [-0.15, -0.1) is 0 Å². The molecule has 212 valence electrons. The Kier molecular flexibility index (Phi) is 7.11. The lowest BCUT2D eigenvalue weighted by atomic mass is 9.83. The molecule has 0 bridgehead atoms. The predicted molar refractivity (Wildman–Crippen MR) is 138 cm³/mol. The van der Waals surface area contributed by atoms with Crippen LogP contribution in [0, 0.1) is 0 Å². The summed E-state index contributed by atoms with van der Waals surface area (Å²) >= 11 is 0. The number of hydrogen-bond acceptors (Lipinski definition) is 7. The van der Waals surface area contributed by atoms with Crippen LogP contribution in [0.3, 0.4) is 0 Å². The molecule has 2 aliphatic heterocycles. The number of halogens is 2. The van der Waals surface area contributed by atoms with E-state index < -0.39 is 54.0 Å². The molecule has 39 heavy (non-hydrogen) atoms. The number of pyridine rings is 1. The van der Waals surface area contributed by atoms with E-state index in [0.29, 0.717) is 17.0 Å². The first-order valence-electron chi connectivity index (χ1n) is 12.7. The van der Waals surface area contributed by atoms with Gasteiger partial charge in [0.1, 0.15) is 29.5 Å². The second-order valence-corrected chi connectivity index (χ2v) is 11.4. The zero-order chi connectivity index (χ0) is 28.9. The molecule has 1 spiro atoms. The largest absolute Gasteiger partial charge is 0.497 e. The molecule has 3 N–H and O–H groups in total. The monoisotopic (exact) mass is 548 g/mol. The Morgan fingerprint density at radius 3 is 2.56 bits per heavy atom. The van der Waals surface area contributed by atoms with Crippen molar-refractivity contribution in [3.63, 3.8) is 0 Å². The van der Waals surface area contributed by atoms with Gasteiger partial charge < -0.3 is 30.2 Å². The fourth-order valence-electron chi connectivity index (χ4n) is 5.20. The summed E-state index contributed by atoms with van der Waals surface area (Å²) in [6.45, 7) is 7.81. The van der Waals surface area contributed by atoms with E-state index in [4.69, 9.17) is 19.9 Å². The Morgan fingerprint density at radius 1 is 1.28 bits per heavy atom. The number of carbonyl (C=O) groups excluding carboxylic acids is 3. The number of nitrogens with two attached hydrogens (primary N) is 1. The highest BCUT2D eigenvalue weighted by Gasteiger charge is 2.59. The van der Waals surface area contributed by atoms with Gasteiger partial charge in [-0.05, 0) is 44.9 Å². The minimum atomic E-state index is -3.39. The molecule has 1 aromatic carbocycles. The molecule has 2 atom stereocenters. The van der Waals surface area contributed by atoms with Crippen LogP contribution >= 0.6 is 0 Å². The Labute approximate surface area is 225 Å². The summed E-state index contributed by atoms with van der Waals surface area (Å²) in [6.07, 6.45) is -1.85. The number of alkyl carbamates (subject to hydrolysis) is 1. The van der Waals surface area contributed by atoms with Gasteiger partial charge in [0, 0.05) is 11.8 Å². The van der Waals surface area contributed by atoms with Crippen molar-refractivity contribution in [1.29, 1.82) is 0 Å². The third-order valence-corrected chi connectivity index (χ3v) is 6.78. The molecular weight excluding hydrogens is 514 g/mol. The highest BCUT2D eigenvalue weighted by Crippen LogP contribution is 2.55. The topological polar surface area (TPSA) is 133 Å². The van der Waals surface area contributed by atoms with Gasteiger partial charge in [0.15, 0.2) is 5.75 Å². The summed E-state index contributed by atoms with van der Waals surface area (Å²) in [5.41, 5.74) is 3.62. The van der Waals surface area contributed by atoms with Crippen LogP contribution in [-0.2, 0) is 20.2 Å². The van der Waals surface area contributed by atoms with E-state index in [0.717, 1.165) is 4.90 Å². The van der Waals surface area contributed by atoms with Crippen molar-refractivity contribution in [2.75, 3.05) is 20.2 Å². The highest BCUT2D eigenvalue weighted by atomic mass is 19.3. The molecule has 10 nitrogen and oxygen atoms in total. The number of methoxy groups -OCH3 is 1. The van der Waals surface area contributed by atoms with Crippen molar-refractivity contribution in [1.82, 2.24) is 15.2 Å². The number of amides is 3. The number of primary amides is 1. The van der Waals surface area contributed by atoms with Gasteiger partial charge in [0.05, 0.1) is 36.8 Å². The number of nitrogens with one attached hydrogen (secondary N) is 1. The van der Waals surface area contributed by atoms with Crippen molar-refractivity contribution in [3.8, 4) is 11.5 Å². The van der Waals surface area contributed by atoms with Crippen molar-refractivity contribution < 1.29 is 37.4 Å². The molecule has 0 saturated carbocycles. The standard InChI is InChI=1S/C27H34F2N4O6/c1-14(2)21-22-20(16-9-15(37-6)7-8-17(16)32-21)27(28,29)12-26(38-22)10-18(23(30)35)33(13-26)19(34)11-31-24(36)39-25(3,4)5/h7-9,14,18H,10-13H2,1-6H3,(H2,30,35)(H,31,36)/t18?,26-/m0/s1. The smallest absolute Gasteiger partial charge is 0.408 e. The third kappa shape index (κ3) is 5.55. The van der Waals surface area contributed by atoms with Gasteiger partial charge in [-0.2, -0.15) is 0 Å². The number of aromatic nitrogens is 1. The van der Waals surface area contributed by atoms with E-state index in [9.17, 15) is 14.4 Å². The number of likely N-dealkylation sites (tertiary alicyclic amines) is 1. The van der Waals surface area contributed by atoms with Gasteiger partial charge in [-0.1, -0.05) is 13.8 Å². The molecule has 0 aliphatic carbocycles. The van der Waals surface area contributed by atoms with Crippen LogP contribution in [0.4, 0.5) is 13.6 Å². The Balaban J connectivity index is 1.71. The lowest BCUT2D eigenvalue weighted by Crippen LogP contribution is -2.50. The van der Waals surface area contributed by atoms with Gasteiger partial charge in [-0.25, -0.2) is 18.6 Å². The van der Waals surface area contributed by atoms with Crippen LogP contribution in [0.1, 0.15) is 64.6 Å². The number of hydrogen-bond donors (Lipinski definition) is 2. The van der Waals surface area contributed by atoms with Crippen molar-refractivity contribution in [2.45, 2.75) is 76.5 Å². The Hall–Kier alpha value is -3.70. The van der Waals surface area contributed by atoms with E-state index in [1.165, 1.54) is 13.2 Å². The average Bonchev–Trinajstić information content (AvgIpc) is 3.18. The van der Waals surface area contributed by atoms with Crippen molar-refractivity contribution >= 4 is 28.8 Å². The summed E-state index contributed by atoms with van der Waals surface area (Å²) in [6, 6.07) is 3.57. The number of benzene rings is 1. The number of nitrogens with zero attached hydrogens (tertiary/aromatic N) is 2. The second-order valence-electron chi connectivity index (χ2n) is 11.4. The molecule has 12 heteroatoms. The maximum absolute atomic E-state index is 16.1. The molecule has 1 unspecified atom stereocenters. The van der Waals surface area contributed by atoms with Crippen LogP contribution < -0.4 is 20.5 Å². The molecule has 0 radical (unpaired) electrons. The SMILES string of the molecule is COc1ccc2nc(C(C)C)c3c(c2c1)C(F)(F)C[C@]1(CC(C(N)=O)N(C(=O)CNC(=O)OC(C)(C)C)C1)O3. The van der Waals surface area contributed by atoms with Crippen LogP contribution in [0.15, 0.2) is 18.2 Å². The number of ether oxygens (including phenoxy) is 3. The van der Waals surface area contributed by atoms with Gasteiger partial charge in [-0.3, -0.25) is 9.59 Å². The molecule has 1 fully saturated rings. The zero-order valence-corrected chi connectivity index (χ0v) is 22.9. The first kappa shape index (κ1) is 28.3. The van der Waals surface area contributed by atoms with Crippen LogP contribution in [0.5, 0.6) is 11.5 Å². The first-order chi connectivity index (χ1) is 18.1. The quantitative estimate of drug-likeness (QED) is 0.583. The molecule has 3 heterocycles. The summed E-state index contributed by atoms with van der Waals surface area (Å²) < 4.78 is 49.0. The molecule has 2 aromatic rings. The van der Waals surface area contributed by atoms with E-state index in [1.807, 2.05) is 13.8 Å². The summed E-state index contributed by atoms with van der Waals surface area (Å²) in [4.78, 5) is 43.1.